The second-order valence-electron chi connectivity index (χ2n) is 6.77. The molecule has 6 heteroatoms. The molecular weight excluding hydrogens is 349 g/mol. The fourth-order valence-corrected chi connectivity index (χ4v) is 4.08. The van der Waals surface area contributed by atoms with Crippen LogP contribution in [0.25, 0.3) is 0 Å². The Kier molecular flexibility index (Phi) is 5.90. The molecule has 132 valence electrons. The number of aliphatic carboxylic acids is 1. The third-order valence-corrected chi connectivity index (χ3v) is 5.97. The third-order valence-electron chi connectivity index (χ3n) is 5.23. The molecule has 0 radical (unpaired) electrons. The van der Waals surface area contributed by atoms with Gasteiger partial charge < -0.3 is 14.7 Å². The minimum absolute atomic E-state index is 0.142. The van der Waals surface area contributed by atoms with Gasteiger partial charge in [0.25, 0.3) is 0 Å². The predicted molar refractivity (Wildman–Crippen MR) is 95.1 cm³/mol. The molecule has 3 rings (SSSR count). The van der Waals surface area contributed by atoms with Gasteiger partial charge in [-0.15, -0.1) is 0 Å². The molecule has 1 saturated heterocycles. The minimum atomic E-state index is -0.637. The molecule has 0 spiro atoms. The van der Waals surface area contributed by atoms with Crippen molar-refractivity contribution >= 4 is 29.2 Å². The number of hydrogen-bond donors (Lipinski definition) is 1. The summed E-state index contributed by atoms with van der Waals surface area (Å²) in [7, 11) is 0. The Morgan fingerprint density at radius 1 is 1.04 bits per heavy atom. The van der Waals surface area contributed by atoms with Crippen LogP contribution in [-0.4, -0.2) is 41.2 Å². The van der Waals surface area contributed by atoms with Gasteiger partial charge in [0.1, 0.15) is 11.9 Å². The summed E-state index contributed by atoms with van der Waals surface area (Å²) in [6.07, 6.45) is 5.77. The van der Waals surface area contributed by atoms with Crippen molar-refractivity contribution < 1.29 is 14.6 Å². The Morgan fingerprint density at radius 3 is 2.29 bits per heavy atom. The molecule has 24 heavy (non-hydrogen) atoms. The molecule has 4 nitrogen and oxygen atoms in total. The fraction of sp³-hybridized carbons (Fsp3) is 0.611. The van der Waals surface area contributed by atoms with Gasteiger partial charge in [0.05, 0.1) is 16.0 Å². The molecule has 1 heterocycles. The Hall–Kier alpha value is -0.970. The molecule has 0 aromatic heterocycles. The monoisotopic (exact) mass is 371 g/mol. The minimum Gasteiger partial charge on any atom is -0.490 e. The SMILES string of the molecule is O=C(O)C1CCC(N2CCC(Oc3ccc(Cl)c(Cl)c3)CC2)CC1. The van der Waals surface area contributed by atoms with E-state index < -0.39 is 5.97 Å². The van der Waals surface area contributed by atoms with Crippen molar-refractivity contribution in [3.8, 4) is 5.75 Å². The standard InChI is InChI=1S/C18H23Cl2NO3/c19-16-6-5-15(11-17(16)20)24-14-7-9-21(10-8-14)13-3-1-12(2-4-13)18(22)23/h5-6,11-14H,1-4,7-10H2,(H,22,23). The first kappa shape index (κ1) is 17.8. The van der Waals surface area contributed by atoms with Crippen molar-refractivity contribution in [1.29, 1.82) is 0 Å². The van der Waals surface area contributed by atoms with Gasteiger partial charge in [-0.05, 0) is 50.7 Å². The predicted octanol–water partition coefficient (Wildman–Crippen LogP) is 4.48. The van der Waals surface area contributed by atoms with Crippen LogP contribution in [0.3, 0.4) is 0 Å². The maximum Gasteiger partial charge on any atom is 0.306 e. The van der Waals surface area contributed by atoms with Crippen molar-refractivity contribution in [2.24, 2.45) is 5.92 Å². The number of hydrogen-bond acceptors (Lipinski definition) is 3. The van der Waals surface area contributed by atoms with Crippen molar-refractivity contribution in [2.45, 2.75) is 50.7 Å². The van der Waals surface area contributed by atoms with Gasteiger partial charge in [-0.25, -0.2) is 0 Å². The number of likely N-dealkylation sites (tertiary alicyclic amines) is 1. The highest BCUT2D eigenvalue weighted by molar-refractivity contribution is 6.42. The highest BCUT2D eigenvalue weighted by Crippen LogP contribution is 2.31. The number of carboxylic acid groups (broad SMARTS) is 1. The summed E-state index contributed by atoms with van der Waals surface area (Å²) < 4.78 is 6.03. The second kappa shape index (κ2) is 7.94. The van der Waals surface area contributed by atoms with Crippen molar-refractivity contribution in [2.75, 3.05) is 13.1 Å². The number of ether oxygens (including phenoxy) is 1. The molecule has 1 aliphatic heterocycles. The van der Waals surface area contributed by atoms with Crippen LogP contribution in [0, 0.1) is 5.92 Å². The van der Waals surface area contributed by atoms with E-state index >= 15 is 0 Å². The quantitative estimate of drug-likeness (QED) is 0.847. The molecule has 2 fully saturated rings. The van der Waals surface area contributed by atoms with Crippen LogP contribution in [0.5, 0.6) is 5.75 Å². The molecule has 1 aliphatic carbocycles. The number of benzene rings is 1. The fourth-order valence-electron chi connectivity index (χ4n) is 3.79. The van der Waals surface area contributed by atoms with Gasteiger partial charge in [0.15, 0.2) is 0 Å². The maximum atomic E-state index is 11.1. The molecule has 1 aromatic carbocycles. The van der Waals surface area contributed by atoms with Gasteiger partial charge in [0, 0.05) is 25.2 Å². The van der Waals surface area contributed by atoms with E-state index in [1.807, 2.05) is 6.07 Å². The Labute approximate surface area is 152 Å². The van der Waals surface area contributed by atoms with E-state index in [9.17, 15) is 4.79 Å². The highest BCUT2D eigenvalue weighted by Gasteiger charge is 2.31. The first-order chi connectivity index (χ1) is 11.5. The molecule has 0 bridgehead atoms. The van der Waals surface area contributed by atoms with E-state index in [0.29, 0.717) is 16.1 Å². The highest BCUT2D eigenvalue weighted by atomic mass is 35.5. The Balaban J connectivity index is 1.46. The van der Waals surface area contributed by atoms with Crippen LogP contribution >= 0.6 is 23.2 Å². The van der Waals surface area contributed by atoms with E-state index in [1.54, 1.807) is 12.1 Å². The number of nitrogens with zero attached hydrogens (tertiary/aromatic N) is 1. The summed E-state index contributed by atoms with van der Waals surface area (Å²) in [4.78, 5) is 13.6. The Morgan fingerprint density at radius 2 is 1.71 bits per heavy atom. The summed E-state index contributed by atoms with van der Waals surface area (Å²) in [6.45, 7) is 2.02. The zero-order valence-corrected chi connectivity index (χ0v) is 15.1. The number of piperidine rings is 1. The van der Waals surface area contributed by atoms with Crippen LogP contribution in [-0.2, 0) is 4.79 Å². The van der Waals surface area contributed by atoms with Gasteiger partial charge in [-0.2, -0.15) is 0 Å². The number of rotatable bonds is 4. The lowest BCUT2D eigenvalue weighted by molar-refractivity contribution is -0.143. The lowest BCUT2D eigenvalue weighted by Crippen LogP contribution is -2.45. The summed E-state index contributed by atoms with van der Waals surface area (Å²) in [5.41, 5.74) is 0. The average Bonchev–Trinajstić information content (AvgIpc) is 2.59. The summed E-state index contributed by atoms with van der Waals surface area (Å²) >= 11 is 12.0. The molecule has 0 unspecified atom stereocenters. The van der Waals surface area contributed by atoms with Crippen LogP contribution < -0.4 is 4.74 Å². The zero-order valence-electron chi connectivity index (χ0n) is 13.6. The van der Waals surface area contributed by atoms with Crippen molar-refractivity contribution in [3.05, 3.63) is 28.2 Å². The molecule has 1 aromatic rings. The van der Waals surface area contributed by atoms with E-state index in [4.69, 9.17) is 33.0 Å². The largest absolute Gasteiger partial charge is 0.490 e. The van der Waals surface area contributed by atoms with Crippen LogP contribution in [0.15, 0.2) is 18.2 Å². The zero-order chi connectivity index (χ0) is 17.1. The number of halogens is 2. The molecule has 0 atom stereocenters. The smallest absolute Gasteiger partial charge is 0.306 e. The summed E-state index contributed by atoms with van der Waals surface area (Å²) in [6, 6.07) is 5.92. The first-order valence-electron chi connectivity index (χ1n) is 8.61. The molecule has 1 saturated carbocycles. The normalized spacial score (nSPS) is 26.2. The topological polar surface area (TPSA) is 49.8 Å². The Bertz CT molecular complexity index is 580. The number of carboxylic acids is 1. The first-order valence-corrected chi connectivity index (χ1v) is 9.37. The van der Waals surface area contributed by atoms with E-state index in [1.165, 1.54) is 0 Å². The average molecular weight is 372 g/mol. The van der Waals surface area contributed by atoms with Crippen LogP contribution in [0.4, 0.5) is 0 Å². The van der Waals surface area contributed by atoms with Gasteiger partial charge in [0.2, 0.25) is 0 Å². The van der Waals surface area contributed by atoms with Gasteiger partial charge in [-0.3, -0.25) is 4.79 Å². The van der Waals surface area contributed by atoms with Crippen molar-refractivity contribution in [3.63, 3.8) is 0 Å². The lowest BCUT2D eigenvalue weighted by atomic mass is 9.84. The third kappa shape index (κ3) is 4.35. The van der Waals surface area contributed by atoms with E-state index in [0.717, 1.165) is 57.4 Å². The van der Waals surface area contributed by atoms with Crippen LogP contribution in [0.2, 0.25) is 10.0 Å². The number of carbonyl (C=O) groups is 1. The molecule has 2 aliphatic rings. The van der Waals surface area contributed by atoms with Crippen molar-refractivity contribution in [1.82, 2.24) is 4.90 Å². The van der Waals surface area contributed by atoms with Crippen LogP contribution in [0.1, 0.15) is 38.5 Å². The molecule has 0 amide bonds. The second-order valence-corrected chi connectivity index (χ2v) is 7.59. The summed E-state index contributed by atoms with van der Waals surface area (Å²) in [5, 5.41) is 10.2. The molecular formula is C18H23Cl2NO3. The lowest BCUT2D eigenvalue weighted by Gasteiger charge is -2.40. The van der Waals surface area contributed by atoms with Gasteiger partial charge in [-0.1, -0.05) is 23.2 Å². The molecule has 1 N–H and O–H groups in total. The van der Waals surface area contributed by atoms with E-state index in [-0.39, 0.29) is 12.0 Å². The van der Waals surface area contributed by atoms with Gasteiger partial charge >= 0.3 is 5.97 Å². The maximum absolute atomic E-state index is 11.1. The summed E-state index contributed by atoms with van der Waals surface area (Å²) in [5.74, 6) is -0.0104. The van der Waals surface area contributed by atoms with E-state index in [2.05, 4.69) is 4.90 Å².